The fraction of sp³-hybridized carbons (Fsp3) is 0.167. The second-order valence-electron chi connectivity index (χ2n) is 1.99. The molecule has 0 aromatic carbocycles. The molecule has 0 aromatic heterocycles. The zero-order valence-electron chi connectivity index (χ0n) is 5.63. The summed E-state index contributed by atoms with van der Waals surface area (Å²) in [6, 6.07) is -1.04. The molecule has 0 saturated carbocycles. The predicted molar refractivity (Wildman–Crippen MR) is 38.5 cm³/mol. The lowest BCUT2D eigenvalue weighted by molar-refractivity contribution is -0.116. The van der Waals surface area contributed by atoms with Crippen molar-refractivity contribution in [1.29, 1.82) is 5.41 Å². The van der Waals surface area contributed by atoms with Crippen LogP contribution in [0.5, 0.6) is 0 Å². The van der Waals surface area contributed by atoms with Crippen molar-refractivity contribution >= 4 is 17.3 Å². The Labute approximate surface area is 62.7 Å². The highest BCUT2D eigenvalue weighted by Crippen LogP contribution is 1.97. The summed E-state index contributed by atoms with van der Waals surface area (Å²) in [5.74, 6) is -0.864. The number of allylic oxidation sites excluding steroid dienone is 1. The molecule has 1 aliphatic rings. The number of nitrogens with two attached hydrogens (primary N) is 1. The molecule has 5 N–H and O–H groups in total. The van der Waals surface area contributed by atoms with Gasteiger partial charge in [0.15, 0.2) is 5.78 Å². The van der Waals surface area contributed by atoms with Crippen LogP contribution in [-0.4, -0.2) is 28.8 Å². The highest BCUT2D eigenvalue weighted by Gasteiger charge is 2.24. The zero-order valence-corrected chi connectivity index (χ0v) is 5.63. The van der Waals surface area contributed by atoms with Gasteiger partial charge in [0.1, 0.15) is 11.8 Å². The molecule has 5 nitrogen and oxygen atoms in total. The van der Waals surface area contributed by atoms with Gasteiger partial charge in [0.2, 0.25) is 5.78 Å². The average molecular weight is 156 g/mol. The van der Waals surface area contributed by atoms with Gasteiger partial charge >= 0.3 is 0 Å². The van der Waals surface area contributed by atoms with Crippen molar-refractivity contribution in [2.24, 2.45) is 5.73 Å². The number of rotatable bonds is 0. The average Bonchev–Trinajstić information content (AvgIpc) is 1.93. The fourth-order valence-corrected chi connectivity index (χ4v) is 0.647. The van der Waals surface area contributed by atoms with Crippen LogP contribution in [0.25, 0.3) is 0 Å². The number of carbonyl (C=O) groups excluding carboxylic acids is 2. The van der Waals surface area contributed by atoms with E-state index in [1.165, 1.54) is 0 Å². The van der Waals surface area contributed by atoms with Crippen LogP contribution < -0.4 is 5.73 Å². The van der Waals surface area contributed by atoms with Gasteiger partial charge in [-0.15, -0.1) is 0 Å². The van der Waals surface area contributed by atoms with E-state index in [1.54, 1.807) is 0 Å². The summed E-state index contributed by atoms with van der Waals surface area (Å²) >= 11 is 0. The summed E-state index contributed by atoms with van der Waals surface area (Å²) in [7, 11) is 0. The normalized spacial score (nSPS) is 23.4. The number of ketones is 2. The van der Waals surface area contributed by atoms with Crippen molar-refractivity contribution in [1.82, 2.24) is 0 Å². The van der Waals surface area contributed by atoms with Gasteiger partial charge in [0, 0.05) is 0 Å². The van der Waals surface area contributed by atoms with E-state index in [4.69, 9.17) is 11.1 Å². The lowest BCUT2D eigenvalue weighted by Crippen LogP contribution is -2.43. The molecule has 0 aromatic rings. The third-order valence-electron chi connectivity index (χ3n) is 1.28. The Morgan fingerprint density at radius 2 is 1.91 bits per heavy atom. The van der Waals surface area contributed by atoms with E-state index in [9.17, 15) is 9.59 Å². The van der Waals surface area contributed by atoms with Crippen LogP contribution >= 0.6 is 0 Å². The molecule has 0 radical (unpaired) electrons. The second kappa shape index (κ2) is 3.18. The highest BCUT2D eigenvalue weighted by molar-refractivity contribution is 6.51. The van der Waals surface area contributed by atoms with Crippen LogP contribution in [0, 0.1) is 5.41 Å². The highest BCUT2D eigenvalue weighted by atomic mass is 16.1. The fourth-order valence-electron chi connectivity index (χ4n) is 0.647. The van der Waals surface area contributed by atoms with Crippen LogP contribution in [-0.2, 0) is 9.59 Å². The molecule has 11 heavy (non-hydrogen) atoms. The quantitative estimate of drug-likeness (QED) is 0.431. The van der Waals surface area contributed by atoms with Crippen LogP contribution in [0.2, 0.25) is 0 Å². The SMILES string of the molecule is N=C1C(=O)C=CC(=O)C1N.O. The first-order valence-corrected chi connectivity index (χ1v) is 2.73. The molecule has 60 valence electrons. The van der Waals surface area contributed by atoms with Crippen LogP contribution in [0.15, 0.2) is 12.2 Å². The minimum Gasteiger partial charge on any atom is -0.412 e. The molecule has 1 aliphatic carbocycles. The smallest absolute Gasteiger partial charge is 0.201 e. The summed E-state index contributed by atoms with van der Waals surface area (Å²) in [6.45, 7) is 0. The third-order valence-corrected chi connectivity index (χ3v) is 1.28. The van der Waals surface area contributed by atoms with Crippen molar-refractivity contribution in [3.63, 3.8) is 0 Å². The van der Waals surface area contributed by atoms with Crippen LogP contribution in [0.3, 0.4) is 0 Å². The van der Waals surface area contributed by atoms with E-state index in [-0.39, 0.29) is 17.0 Å². The molecule has 1 rings (SSSR count). The summed E-state index contributed by atoms with van der Waals surface area (Å²) in [5.41, 5.74) is 4.84. The number of hydrogen-bond acceptors (Lipinski definition) is 4. The van der Waals surface area contributed by atoms with Gasteiger partial charge < -0.3 is 11.2 Å². The van der Waals surface area contributed by atoms with Gasteiger partial charge in [-0.3, -0.25) is 15.0 Å². The van der Waals surface area contributed by atoms with E-state index in [0.717, 1.165) is 12.2 Å². The van der Waals surface area contributed by atoms with E-state index in [0.29, 0.717) is 0 Å². The first-order chi connectivity index (χ1) is 4.63. The summed E-state index contributed by atoms with van der Waals surface area (Å²) in [6.07, 6.45) is 2.17. The molecule has 0 saturated heterocycles. The molecular weight excluding hydrogens is 148 g/mol. The minimum atomic E-state index is -1.04. The minimum absolute atomic E-state index is 0. The predicted octanol–water partition coefficient (Wildman–Crippen LogP) is -1.78. The summed E-state index contributed by atoms with van der Waals surface area (Å²) < 4.78 is 0. The molecular formula is C6H8N2O3. The zero-order chi connectivity index (χ0) is 7.72. The largest absolute Gasteiger partial charge is 0.412 e. The lowest BCUT2D eigenvalue weighted by atomic mass is 9.98. The topological polar surface area (TPSA) is 116 Å². The van der Waals surface area contributed by atoms with E-state index >= 15 is 0 Å². The molecule has 0 aliphatic heterocycles. The number of nitrogens with one attached hydrogen (secondary N) is 1. The number of hydrogen-bond donors (Lipinski definition) is 2. The molecule has 0 amide bonds. The van der Waals surface area contributed by atoms with Gasteiger partial charge in [-0.1, -0.05) is 0 Å². The Kier molecular flexibility index (Phi) is 2.79. The Balaban J connectivity index is 0.000001000. The molecule has 0 heterocycles. The van der Waals surface area contributed by atoms with Gasteiger partial charge in [0.05, 0.1) is 0 Å². The van der Waals surface area contributed by atoms with Crippen molar-refractivity contribution in [2.45, 2.75) is 6.04 Å². The monoisotopic (exact) mass is 156 g/mol. The standard InChI is InChI=1S/C6H6N2O2.H2O/c7-5-3(9)1-2-4(10)6(5)8;/h1-2,5,8H,7H2;1H2. The molecule has 0 fully saturated rings. The first kappa shape index (κ1) is 9.67. The van der Waals surface area contributed by atoms with Gasteiger partial charge in [-0.25, -0.2) is 0 Å². The third kappa shape index (κ3) is 1.57. The van der Waals surface area contributed by atoms with E-state index in [1.807, 2.05) is 0 Å². The molecule has 5 heteroatoms. The summed E-state index contributed by atoms with van der Waals surface area (Å²) in [5, 5.41) is 6.98. The van der Waals surface area contributed by atoms with Crippen molar-refractivity contribution in [3.8, 4) is 0 Å². The van der Waals surface area contributed by atoms with Crippen molar-refractivity contribution < 1.29 is 15.1 Å². The summed E-state index contributed by atoms with van der Waals surface area (Å²) in [4.78, 5) is 21.3. The Morgan fingerprint density at radius 1 is 1.36 bits per heavy atom. The van der Waals surface area contributed by atoms with E-state index < -0.39 is 11.8 Å². The van der Waals surface area contributed by atoms with E-state index in [2.05, 4.69) is 0 Å². The van der Waals surface area contributed by atoms with Crippen LogP contribution in [0.4, 0.5) is 0 Å². The van der Waals surface area contributed by atoms with Crippen molar-refractivity contribution in [2.75, 3.05) is 0 Å². The second-order valence-corrected chi connectivity index (χ2v) is 1.99. The van der Waals surface area contributed by atoms with Gasteiger partial charge in [-0.2, -0.15) is 0 Å². The van der Waals surface area contributed by atoms with Gasteiger partial charge in [-0.05, 0) is 12.2 Å². The van der Waals surface area contributed by atoms with Gasteiger partial charge in [0.25, 0.3) is 0 Å². The maximum Gasteiger partial charge on any atom is 0.201 e. The first-order valence-electron chi connectivity index (χ1n) is 2.73. The molecule has 1 atom stereocenters. The molecule has 1 unspecified atom stereocenters. The lowest BCUT2D eigenvalue weighted by Gasteiger charge is -2.10. The molecule has 0 bridgehead atoms. The Bertz CT molecular complexity index is 244. The number of carbonyl (C=O) groups is 2. The molecule has 0 spiro atoms. The Hall–Kier alpha value is -1.33. The van der Waals surface area contributed by atoms with Crippen LogP contribution in [0.1, 0.15) is 0 Å². The maximum absolute atomic E-state index is 10.6. The van der Waals surface area contributed by atoms with Crippen molar-refractivity contribution in [3.05, 3.63) is 12.2 Å². The Morgan fingerprint density at radius 3 is 2.36 bits per heavy atom. The maximum atomic E-state index is 10.6.